The van der Waals surface area contributed by atoms with Crippen molar-refractivity contribution in [2.24, 2.45) is 5.73 Å². The van der Waals surface area contributed by atoms with Crippen LogP contribution in [0.2, 0.25) is 0 Å². The third kappa shape index (κ3) is 2.26. The van der Waals surface area contributed by atoms with Gasteiger partial charge in [-0.25, -0.2) is 8.78 Å². The second kappa shape index (κ2) is 4.14. The number of rotatable bonds is 2. The number of halogens is 2. The van der Waals surface area contributed by atoms with E-state index in [1.807, 2.05) is 24.3 Å². The van der Waals surface area contributed by atoms with Crippen LogP contribution in [0.25, 0.3) is 0 Å². The highest BCUT2D eigenvalue weighted by atomic mass is 19.3. The number of fused-ring (bicyclic) bond motifs is 1. The van der Waals surface area contributed by atoms with E-state index in [2.05, 4.69) is 0 Å². The van der Waals surface area contributed by atoms with Crippen molar-refractivity contribution in [1.29, 1.82) is 0 Å². The van der Waals surface area contributed by atoms with Gasteiger partial charge in [0.25, 0.3) is 6.43 Å². The van der Waals surface area contributed by atoms with E-state index in [9.17, 15) is 8.78 Å². The van der Waals surface area contributed by atoms with Crippen molar-refractivity contribution in [2.75, 3.05) is 18.0 Å². The zero-order chi connectivity index (χ0) is 10.8. The fourth-order valence-corrected chi connectivity index (χ4v) is 2.06. The number of nitrogens with two attached hydrogens (primary N) is 1. The van der Waals surface area contributed by atoms with E-state index < -0.39 is 6.43 Å². The Morgan fingerprint density at radius 3 is 2.87 bits per heavy atom. The van der Waals surface area contributed by atoms with Crippen molar-refractivity contribution in [2.45, 2.75) is 18.9 Å². The molecule has 1 heterocycles. The molecule has 15 heavy (non-hydrogen) atoms. The Kier molecular flexibility index (Phi) is 2.86. The number of hydrogen-bond acceptors (Lipinski definition) is 2. The summed E-state index contributed by atoms with van der Waals surface area (Å²) < 4.78 is 24.7. The molecule has 1 atom stereocenters. The Hall–Kier alpha value is -1.16. The summed E-state index contributed by atoms with van der Waals surface area (Å²) in [4.78, 5) is 1.67. The normalized spacial score (nSPS) is 20.5. The lowest BCUT2D eigenvalue weighted by atomic mass is 9.98. The minimum Gasteiger partial charge on any atom is -0.364 e. The van der Waals surface area contributed by atoms with E-state index in [-0.39, 0.29) is 12.6 Å². The molecule has 0 aromatic heterocycles. The van der Waals surface area contributed by atoms with Gasteiger partial charge >= 0.3 is 0 Å². The standard InChI is InChI=1S/C11H14F2N2/c12-11(13)7-15-6-9(14)5-8-3-1-2-4-10(8)15/h1-4,9,11H,5-7,14H2. The predicted octanol–water partition coefficient (Wildman–Crippen LogP) is 1.64. The molecule has 0 radical (unpaired) electrons. The van der Waals surface area contributed by atoms with Crippen LogP contribution in [-0.2, 0) is 6.42 Å². The minimum absolute atomic E-state index is 0.0429. The topological polar surface area (TPSA) is 29.3 Å². The number of nitrogens with zero attached hydrogens (tertiary/aromatic N) is 1. The average Bonchev–Trinajstić information content (AvgIpc) is 2.16. The van der Waals surface area contributed by atoms with Gasteiger partial charge in [-0.05, 0) is 18.1 Å². The van der Waals surface area contributed by atoms with Crippen molar-refractivity contribution in [3.05, 3.63) is 29.8 Å². The van der Waals surface area contributed by atoms with Gasteiger partial charge in [-0.15, -0.1) is 0 Å². The molecular formula is C11H14F2N2. The van der Waals surface area contributed by atoms with Gasteiger partial charge in [-0.2, -0.15) is 0 Å². The second-order valence-corrected chi connectivity index (χ2v) is 3.89. The van der Waals surface area contributed by atoms with Crippen molar-refractivity contribution < 1.29 is 8.78 Å². The maximum Gasteiger partial charge on any atom is 0.255 e. The predicted molar refractivity (Wildman–Crippen MR) is 56.3 cm³/mol. The van der Waals surface area contributed by atoms with Crippen LogP contribution in [0.4, 0.5) is 14.5 Å². The number of alkyl halides is 2. The maximum atomic E-state index is 12.4. The van der Waals surface area contributed by atoms with Gasteiger partial charge in [0.05, 0.1) is 6.54 Å². The monoisotopic (exact) mass is 212 g/mol. The molecule has 0 saturated heterocycles. The quantitative estimate of drug-likeness (QED) is 0.807. The van der Waals surface area contributed by atoms with E-state index in [1.165, 1.54) is 0 Å². The Balaban J connectivity index is 2.26. The Bertz CT molecular complexity index is 341. The summed E-state index contributed by atoms with van der Waals surface area (Å²) >= 11 is 0. The molecule has 2 nitrogen and oxygen atoms in total. The summed E-state index contributed by atoms with van der Waals surface area (Å²) in [6.45, 7) is 0.284. The van der Waals surface area contributed by atoms with E-state index in [4.69, 9.17) is 5.73 Å². The average molecular weight is 212 g/mol. The van der Waals surface area contributed by atoms with Crippen molar-refractivity contribution in [3.8, 4) is 0 Å². The van der Waals surface area contributed by atoms with Crippen LogP contribution in [0.15, 0.2) is 24.3 Å². The first-order valence-corrected chi connectivity index (χ1v) is 5.03. The molecule has 0 aliphatic carbocycles. The smallest absolute Gasteiger partial charge is 0.255 e. The van der Waals surface area contributed by atoms with Crippen molar-refractivity contribution in [3.63, 3.8) is 0 Å². The van der Waals surface area contributed by atoms with Crippen LogP contribution in [0.1, 0.15) is 5.56 Å². The van der Waals surface area contributed by atoms with Gasteiger partial charge in [-0.3, -0.25) is 0 Å². The van der Waals surface area contributed by atoms with Crippen LogP contribution >= 0.6 is 0 Å². The van der Waals surface area contributed by atoms with Crippen molar-refractivity contribution in [1.82, 2.24) is 0 Å². The molecule has 2 N–H and O–H groups in total. The first-order chi connectivity index (χ1) is 7.16. The van der Waals surface area contributed by atoms with Gasteiger partial charge in [0, 0.05) is 18.3 Å². The SMILES string of the molecule is NC1Cc2ccccc2N(CC(F)F)C1. The highest BCUT2D eigenvalue weighted by Crippen LogP contribution is 2.26. The second-order valence-electron chi connectivity index (χ2n) is 3.89. The number of para-hydroxylation sites is 1. The molecule has 1 aromatic rings. The molecule has 4 heteroatoms. The molecule has 0 bridgehead atoms. The third-order valence-corrected chi connectivity index (χ3v) is 2.63. The summed E-state index contributed by atoms with van der Waals surface area (Å²) in [5.41, 5.74) is 7.80. The van der Waals surface area contributed by atoms with E-state index in [0.29, 0.717) is 6.54 Å². The van der Waals surface area contributed by atoms with Crippen LogP contribution < -0.4 is 10.6 Å². The molecule has 0 saturated carbocycles. The van der Waals surface area contributed by atoms with E-state index in [0.717, 1.165) is 17.7 Å². The molecule has 0 spiro atoms. The first-order valence-electron chi connectivity index (χ1n) is 5.03. The maximum absolute atomic E-state index is 12.4. The first kappa shape index (κ1) is 10.4. The molecule has 2 rings (SSSR count). The zero-order valence-corrected chi connectivity index (χ0v) is 8.37. The fraction of sp³-hybridized carbons (Fsp3) is 0.455. The van der Waals surface area contributed by atoms with Gasteiger partial charge in [-0.1, -0.05) is 18.2 Å². The molecule has 82 valence electrons. The minimum atomic E-state index is -2.32. The van der Waals surface area contributed by atoms with Gasteiger partial charge < -0.3 is 10.6 Å². The van der Waals surface area contributed by atoms with Crippen molar-refractivity contribution >= 4 is 5.69 Å². The number of benzene rings is 1. The molecule has 0 fully saturated rings. The highest BCUT2D eigenvalue weighted by Gasteiger charge is 2.23. The molecule has 1 aromatic carbocycles. The molecule has 0 amide bonds. The molecule has 1 aliphatic rings. The van der Waals surface area contributed by atoms with Crippen LogP contribution in [0.5, 0.6) is 0 Å². The van der Waals surface area contributed by atoms with Gasteiger partial charge in [0.1, 0.15) is 0 Å². The Labute approximate surface area is 87.7 Å². The zero-order valence-electron chi connectivity index (χ0n) is 8.37. The third-order valence-electron chi connectivity index (χ3n) is 2.63. The van der Waals surface area contributed by atoms with E-state index >= 15 is 0 Å². The summed E-state index contributed by atoms with van der Waals surface area (Å²) in [6.07, 6.45) is -1.54. The summed E-state index contributed by atoms with van der Waals surface area (Å²) in [6, 6.07) is 7.57. The Morgan fingerprint density at radius 1 is 1.40 bits per heavy atom. The van der Waals surface area contributed by atoms with Crippen LogP contribution in [0.3, 0.4) is 0 Å². The number of anilines is 1. The van der Waals surface area contributed by atoms with Crippen LogP contribution in [0, 0.1) is 0 Å². The van der Waals surface area contributed by atoms with Crippen LogP contribution in [-0.4, -0.2) is 25.6 Å². The molecule has 1 unspecified atom stereocenters. The Morgan fingerprint density at radius 2 is 2.13 bits per heavy atom. The molecule has 1 aliphatic heterocycles. The summed E-state index contributed by atoms with van der Waals surface area (Å²) in [7, 11) is 0. The van der Waals surface area contributed by atoms with Gasteiger partial charge in [0.2, 0.25) is 0 Å². The summed E-state index contributed by atoms with van der Waals surface area (Å²) in [5, 5.41) is 0. The molecular weight excluding hydrogens is 198 g/mol. The highest BCUT2D eigenvalue weighted by molar-refractivity contribution is 5.56. The fourth-order valence-electron chi connectivity index (χ4n) is 2.06. The lowest BCUT2D eigenvalue weighted by Crippen LogP contribution is -2.45. The lowest BCUT2D eigenvalue weighted by Gasteiger charge is -2.34. The lowest BCUT2D eigenvalue weighted by molar-refractivity contribution is 0.154. The van der Waals surface area contributed by atoms with E-state index in [1.54, 1.807) is 4.90 Å². The summed E-state index contributed by atoms with van der Waals surface area (Å²) in [5.74, 6) is 0. The number of hydrogen-bond donors (Lipinski definition) is 1. The largest absolute Gasteiger partial charge is 0.364 e. The van der Waals surface area contributed by atoms with Gasteiger partial charge in [0.15, 0.2) is 0 Å².